The first-order chi connectivity index (χ1) is 11.6. The van der Waals surface area contributed by atoms with E-state index in [1.165, 1.54) is 11.1 Å². The van der Waals surface area contributed by atoms with E-state index in [2.05, 4.69) is 37.3 Å². The zero-order valence-corrected chi connectivity index (χ0v) is 15.3. The second-order valence-electron chi connectivity index (χ2n) is 5.99. The van der Waals surface area contributed by atoms with Gasteiger partial charge in [0.25, 0.3) is 0 Å². The van der Waals surface area contributed by atoms with Crippen LogP contribution in [0.4, 0.5) is 0 Å². The Morgan fingerprint density at radius 2 is 1.75 bits per heavy atom. The Bertz CT molecular complexity index is 680. The van der Waals surface area contributed by atoms with Crippen molar-refractivity contribution in [2.45, 2.75) is 30.6 Å². The molecular formula is C20H24O3S. The second kappa shape index (κ2) is 7.60. The zero-order chi connectivity index (χ0) is 17.0. The molecule has 4 heteroatoms. The molecule has 1 saturated heterocycles. The van der Waals surface area contributed by atoms with Crippen LogP contribution >= 0.6 is 11.8 Å². The van der Waals surface area contributed by atoms with Crippen LogP contribution in [0.2, 0.25) is 0 Å². The molecule has 0 radical (unpaired) electrons. The number of methoxy groups -OCH3 is 1. The summed E-state index contributed by atoms with van der Waals surface area (Å²) in [6.07, 6.45) is 0. The van der Waals surface area contributed by atoms with Gasteiger partial charge < -0.3 is 14.2 Å². The first kappa shape index (κ1) is 17.3. The van der Waals surface area contributed by atoms with E-state index >= 15 is 0 Å². The number of hydrogen-bond donors (Lipinski definition) is 0. The van der Waals surface area contributed by atoms with Crippen LogP contribution in [0.1, 0.15) is 35.8 Å². The SMILES string of the molecule is COc1ccccc1C(C)SCc1ccccc1C1(C)OCCO1. The molecule has 1 fully saturated rings. The van der Waals surface area contributed by atoms with Gasteiger partial charge >= 0.3 is 0 Å². The van der Waals surface area contributed by atoms with E-state index in [1.54, 1.807) is 7.11 Å². The Balaban J connectivity index is 1.75. The lowest BCUT2D eigenvalue weighted by molar-refractivity contribution is -0.150. The van der Waals surface area contributed by atoms with Crippen LogP contribution < -0.4 is 4.74 Å². The normalized spacial score (nSPS) is 17.6. The van der Waals surface area contributed by atoms with Gasteiger partial charge in [0, 0.05) is 22.1 Å². The molecule has 2 aromatic carbocycles. The van der Waals surface area contributed by atoms with Gasteiger partial charge in [0.15, 0.2) is 5.79 Å². The van der Waals surface area contributed by atoms with Crippen molar-refractivity contribution in [1.29, 1.82) is 0 Å². The first-order valence-corrected chi connectivity index (χ1v) is 9.30. The van der Waals surface area contributed by atoms with Gasteiger partial charge in [0.2, 0.25) is 0 Å². The minimum atomic E-state index is -0.620. The topological polar surface area (TPSA) is 27.7 Å². The van der Waals surface area contributed by atoms with Gasteiger partial charge in [-0.25, -0.2) is 0 Å². The Kier molecular flexibility index (Phi) is 5.49. The van der Waals surface area contributed by atoms with Crippen LogP contribution in [0.25, 0.3) is 0 Å². The zero-order valence-electron chi connectivity index (χ0n) is 14.5. The molecule has 0 aromatic heterocycles. The summed E-state index contributed by atoms with van der Waals surface area (Å²) in [7, 11) is 1.72. The van der Waals surface area contributed by atoms with E-state index in [1.807, 2.05) is 36.9 Å². The maximum absolute atomic E-state index is 5.84. The molecule has 0 amide bonds. The van der Waals surface area contributed by atoms with Crippen LogP contribution in [0, 0.1) is 0 Å². The summed E-state index contributed by atoms with van der Waals surface area (Å²) in [5, 5.41) is 0.340. The van der Waals surface area contributed by atoms with Crippen molar-refractivity contribution >= 4 is 11.8 Å². The third-order valence-electron chi connectivity index (χ3n) is 4.41. The molecule has 24 heavy (non-hydrogen) atoms. The number of thioether (sulfide) groups is 1. The molecule has 0 bridgehead atoms. The number of rotatable bonds is 6. The van der Waals surface area contributed by atoms with Gasteiger partial charge in [-0.1, -0.05) is 42.5 Å². The van der Waals surface area contributed by atoms with Crippen molar-refractivity contribution in [1.82, 2.24) is 0 Å². The van der Waals surface area contributed by atoms with Crippen molar-refractivity contribution in [3.05, 3.63) is 65.2 Å². The first-order valence-electron chi connectivity index (χ1n) is 8.25. The molecule has 0 N–H and O–H groups in total. The Labute approximate surface area is 148 Å². The molecule has 1 heterocycles. The molecule has 128 valence electrons. The third kappa shape index (κ3) is 3.61. The lowest BCUT2D eigenvalue weighted by Gasteiger charge is -2.26. The molecule has 0 spiro atoms. The summed E-state index contributed by atoms with van der Waals surface area (Å²) in [5.74, 6) is 1.22. The molecule has 3 rings (SSSR count). The van der Waals surface area contributed by atoms with E-state index in [-0.39, 0.29) is 0 Å². The van der Waals surface area contributed by atoms with Crippen molar-refractivity contribution in [3.8, 4) is 5.75 Å². The van der Waals surface area contributed by atoms with Crippen molar-refractivity contribution in [2.24, 2.45) is 0 Å². The summed E-state index contributed by atoms with van der Waals surface area (Å²) in [5.41, 5.74) is 3.61. The van der Waals surface area contributed by atoms with Gasteiger partial charge in [-0.15, -0.1) is 11.8 Å². The minimum absolute atomic E-state index is 0.340. The van der Waals surface area contributed by atoms with Crippen LogP contribution in [-0.4, -0.2) is 20.3 Å². The largest absolute Gasteiger partial charge is 0.496 e. The fraction of sp³-hybridized carbons (Fsp3) is 0.400. The van der Waals surface area contributed by atoms with Crippen LogP contribution in [0.3, 0.4) is 0 Å². The summed E-state index contributed by atoms with van der Waals surface area (Å²) in [6, 6.07) is 16.6. The molecule has 0 saturated carbocycles. The predicted octanol–water partition coefficient (Wildman–Crippen LogP) is 4.91. The number of para-hydroxylation sites is 1. The van der Waals surface area contributed by atoms with Gasteiger partial charge in [-0.2, -0.15) is 0 Å². The Morgan fingerprint density at radius 3 is 2.50 bits per heavy atom. The summed E-state index contributed by atoms with van der Waals surface area (Å²) >= 11 is 1.89. The molecule has 1 aliphatic rings. The molecule has 1 aliphatic heterocycles. The highest BCUT2D eigenvalue weighted by atomic mass is 32.2. The number of benzene rings is 2. The summed E-state index contributed by atoms with van der Waals surface area (Å²) in [6.45, 7) is 5.52. The molecule has 0 aliphatic carbocycles. The number of ether oxygens (including phenoxy) is 3. The predicted molar refractivity (Wildman–Crippen MR) is 98.4 cm³/mol. The fourth-order valence-corrected chi connectivity index (χ4v) is 4.12. The van der Waals surface area contributed by atoms with Crippen LogP contribution in [0.15, 0.2) is 48.5 Å². The lowest BCUT2D eigenvalue weighted by atomic mass is 10.0. The minimum Gasteiger partial charge on any atom is -0.496 e. The maximum Gasteiger partial charge on any atom is 0.192 e. The highest BCUT2D eigenvalue weighted by Gasteiger charge is 2.34. The van der Waals surface area contributed by atoms with E-state index in [0.29, 0.717) is 18.5 Å². The van der Waals surface area contributed by atoms with Gasteiger partial charge in [-0.3, -0.25) is 0 Å². The molecule has 1 atom stereocenters. The maximum atomic E-state index is 5.84. The van der Waals surface area contributed by atoms with Crippen LogP contribution in [0.5, 0.6) is 5.75 Å². The highest BCUT2D eigenvalue weighted by molar-refractivity contribution is 7.98. The van der Waals surface area contributed by atoms with Crippen LogP contribution in [-0.2, 0) is 21.0 Å². The molecule has 1 unspecified atom stereocenters. The highest BCUT2D eigenvalue weighted by Crippen LogP contribution is 2.39. The van der Waals surface area contributed by atoms with E-state index in [0.717, 1.165) is 17.1 Å². The Morgan fingerprint density at radius 1 is 1.08 bits per heavy atom. The average Bonchev–Trinajstić information content (AvgIpc) is 3.07. The fourth-order valence-electron chi connectivity index (χ4n) is 3.07. The molecular weight excluding hydrogens is 320 g/mol. The van der Waals surface area contributed by atoms with Gasteiger partial charge in [-0.05, 0) is 25.5 Å². The van der Waals surface area contributed by atoms with E-state index < -0.39 is 5.79 Å². The van der Waals surface area contributed by atoms with E-state index in [4.69, 9.17) is 14.2 Å². The quantitative estimate of drug-likeness (QED) is 0.744. The third-order valence-corrected chi connectivity index (χ3v) is 5.64. The van der Waals surface area contributed by atoms with E-state index in [9.17, 15) is 0 Å². The number of hydrogen-bond acceptors (Lipinski definition) is 4. The molecule has 2 aromatic rings. The average molecular weight is 344 g/mol. The lowest BCUT2D eigenvalue weighted by Crippen LogP contribution is -2.24. The van der Waals surface area contributed by atoms with Gasteiger partial charge in [0.1, 0.15) is 5.75 Å². The standard InChI is InChI=1S/C20H24O3S/c1-15(17-9-5-7-11-19(17)21-3)24-14-16-8-4-6-10-18(16)20(2)22-12-13-23-20/h4-11,15H,12-14H2,1-3H3. The van der Waals surface area contributed by atoms with Crippen molar-refractivity contribution < 1.29 is 14.2 Å². The Hall–Kier alpha value is -1.49. The summed E-state index contributed by atoms with van der Waals surface area (Å²) in [4.78, 5) is 0. The van der Waals surface area contributed by atoms with Gasteiger partial charge in [0.05, 0.1) is 20.3 Å². The summed E-state index contributed by atoms with van der Waals surface area (Å²) < 4.78 is 17.2. The van der Waals surface area contributed by atoms with Crippen molar-refractivity contribution in [2.75, 3.05) is 20.3 Å². The van der Waals surface area contributed by atoms with Crippen molar-refractivity contribution in [3.63, 3.8) is 0 Å². The smallest absolute Gasteiger partial charge is 0.192 e. The monoisotopic (exact) mass is 344 g/mol. The second-order valence-corrected chi connectivity index (χ2v) is 7.32. The molecule has 3 nitrogen and oxygen atoms in total.